The summed E-state index contributed by atoms with van der Waals surface area (Å²) in [7, 11) is 0. The number of nitrogens with zero attached hydrogens (tertiary/aromatic N) is 5. The van der Waals surface area contributed by atoms with E-state index >= 15 is 0 Å². The predicted molar refractivity (Wildman–Crippen MR) is 179 cm³/mol. The molecule has 0 saturated heterocycles. The van der Waals surface area contributed by atoms with Gasteiger partial charge in [-0.15, -0.1) is 0 Å². The average Bonchev–Trinajstić information content (AvgIpc) is 3.46. The van der Waals surface area contributed by atoms with Crippen LogP contribution >= 0.6 is 0 Å². The second-order valence-electron chi connectivity index (χ2n) is 10.5. The lowest BCUT2D eigenvalue weighted by atomic mass is 9.90. The van der Waals surface area contributed by atoms with Gasteiger partial charge < -0.3 is 4.57 Å². The Morgan fingerprint density at radius 3 is 1.42 bits per heavy atom. The molecule has 5 nitrogen and oxygen atoms in total. The van der Waals surface area contributed by atoms with Gasteiger partial charge in [-0.1, -0.05) is 91.0 Å². The molecule has 0 aliphatic rings. The van der Waals surface area contributed by atoms with Gasteiger partial charge in [0.1, 0.15) is 0 Å². The molecule has 0 aliphatic carbocycles. The molecule has 0 unspecified atom stereocenters. The van der Waals surface area contributed by atoms with E-state index in [2.05, 4.69) is 62.8 Å². The van der Waals surface area contributed by atoms with Gasteiger partial charge in [0.25, 0.3) is 0 Å². The van der Waals surface area contributed by atoms with Gasteiger partial charge >= 0.3 is 0 Å². The first-order chi connectivity index (χ1) is 22.2. The molecule has 45 heavy (non-hydrogen) atoms. The highest BCUT2D eigenvalue weighted by Crippen LogP contribution is 2.47. The Hall–Kier alpha value is -6.92. The summed E-state index contributed by atoms with van der Waals surface area (Å²) >= 11 is 0. The van der Waals surface area contributed by atoms with E-state index in [0.29, 0.717) is 33.6 Å². The Kier molecular flexibility index (Phi) is 6.62. The van der Waals surface area contributed by atoms with Crippen molar-refractivity contribution in [2.24, 2.45) is 0 Å². The zero-order valence-corrected chi connectivity index (χ0v) is 23.9. The molecular formula is C40H21N5. The van der Waals surface area contributed by atoms with Gasteiger partial charge in [0.05, 0.1) is 36.3 Å². The van der Waals surface area contributed by atoms with Crippen LogP contribution in [0.25, 0.3) is 70.6 Å². The van der Waals surface area contributed by atoms with Crippen molar-refractivity contribution < 1.29 is 0 Å². The Labute approximate surface area is 260 Å². The highest BCUT2D eigenvalue weighted by molar-refractivity contribution is 6.22. The lowest BCUT2D eigenvalue weighted by Gasteiger charge is -2.12. The van der Waals surface area contributed by atoms with E-state index < -0.39 is 0 Å². The monoisotopic (exact) mass is 571 g/mol. The number of aromatic nitrogens is 1. The highest BCUT2D eigenvalue weighted by atomic mass is 15.0. The van der Waals surface area contributed by atoms with Gasteiger partial charge in [-0.3, -0.25) is 0 Å². The van der Waals surface area contributed by atoms with E-state index in [-0.39, 0.29) is 0 Å². The van der Waals surface area contributed by atoms with Crippen LogP contribution in [0.5, 0.6) is 0 Å². The normalized spacial score (nSPS) is 10.6. The summed E-state index contributed by atoms with van der Waals surface area (Å²) in [6, 6.07) is 45.4. The van der Waals surface area contributed by atoms with Gasteiger partial charge in [-0.25, -0.2) is 9.69 Å². The SMILES string of the molecule is [C-]#[N+]c1cccc(C#N)c1-c1cccc2c1c1c(-c3c(C#N)cccc3[N+]#[C-])cccc1n2-c1ccc(-c2ccccc2)cc1. The second-order valence-corrected chi connectivity index (χ2v) is 10.5. The van der Waals surface area contributed by atoms with E-state index in [1.165, 1.54) is 0 Å². The highest BCUT2D eigenvalue weighted by Gasteiger charge is 2.23. The first kappa shape index (κ1) is 26.9. The number of hydrogen-bond donors (Lipinski definition) is 0. The van der Waals surface area contributed by atoms with Gasteiger partial charge in [0, 0.05) is 38.7 Å². The largest absolute Gasteiger partial charge is 0.309 e. The Bertz CT molecular complexity index is 2260. The van der Waals surface area contributed by atoms with Gasteiger partial charge in [0.2, 0.25) is 0 Å². The topological polar surface area (TPSA) is 61.2 Å². The minimum absolute atomic E-state index is 0.381. The van der Waals surface area contributed by atoms with Crippen LogP contribution in [0, 0.1) is 35.8 Å². The molecule has 0 amide bonds. The van der Waals surface area contributed by atoms with Crippen LogP contribution < -0.4 is 0 Å². The molecule has 206 valence electrons. The van der Waals surface area contributed by atoms with Crippen molar-refractivity contribution in [2.45, 2.75) is 0 Å². The number of benzene rings is 6. The fourth-order valence-electron chi connectivity index (χ4n) is 6.26. The maximum Gasteiger partial charge on any atom is 0.196 e. The molecule has 7 rings (SSSR count). The van der Waals surface area contributed by atoms with Crippen LogP contribution in [-0.4, -0.2) is 4.57 Å². The summed E-state index contributed by atoms with van der Waals surface area (Å²) in [6.45, 7) is 15.9. The fraction of sp³-hybridized carbons (Fsp3) is 0. The predicted octanol–water partition coefficient (Wildman–Crippen LogP) is 10.6. The second kappa shape index (κ2) is 11.1. The quantitative estimate of drug-likeness (QED) is 0.197. The van der Waals surface area contributed by atoms with E-state index in [4.69, 9.17) is 13.1 Å². The van der Waals surface area contributed by atoms with Gasteiger partial charge in [0.15, 0.2) is 11.4 Å². The van der Waals surface area contributed by atoms with Crippen molar-refractivity contribution in [2.75, 3.05) is 0 Å². The molecule has 5 heteroatoms. The molecule has 6 aromatic carbocycles. The van der Waals surface area contributed by atoms with E-state index in [1.54, 1.807) is 36.4 Å². The average molecular weight is 572 g/mol. The molecule has 1 heterocycles. The minimum atomic E-state index is 0.381. The summed E-state index contributed by atoms with van der Waals surface area (Å²) in [5, 5.41) is 21.9. The van der Waals surface area contributed by atoms with Crippen molar-refractivity contribution >= 4 is 33.2 Å². The summed E-state index contributed by atoms with van der Waals surface area (Å²) in [5.74, 6) is 0. The summed E-state index contributed by atoms with van der Waals surface area (Å²) in [5.41, 5.74) is 9.08. The molecule has 1 aromatic heterocycles. The molecular weight excluding hydrogens is 550 g/mol. The zero-order chi connectivity index (χ0) is 30.9. The number of fused-ring (bicyclic) bond motifs is 3. The number of nitriles is 2. The Balaban J connectivity index is 1.64. The molecule has 0 spiro atoms. The zero-order valence-electron chi connectivity index (χ0n) is 23.9. The minimum Gasteiger partial charge on any atom is -0.309 e. The van der Waals surface area contributed by atoms with Crippen molar-refractivity contribution in [3.63, 3.8) is 0 Å². The maximum absolute atomic E-state index is 10.1. The molecule has 0 aliphatic heterocycles. The first-order valence-electron chi connectivity index (χ1n) is 14.2. The van der Waals surface area contributed by atoms with Crippen LogP contribution in [0.2, 0.25) is 0 Å². The van der Waals surface area contributed by atoms with Crippen LogP contribution in [0.4, 0.5) is 11.4 Å². The molecule has 7 aromatic rings. The van der Waals surface area contributed by atoms with Crippen molar-refractivity contribution in [3.8, 4) is 51.2 Å². The van der Waals surface area contributed by atoms with Gasteiger partial charge in [-0.05, 0) is 58.7 Å². The van der Waals surface area contributed by atoms with Crippen LogP contribution in [0.3, 0.4) is 0 Å². The van der Waals surface area contributed by atoms with Crippen molar-refractivity contribution in [1.82, 2.24) is 4.57 Å². The van der Waals surface area contributed by atoms with Crippen molar-refractivity contribution in [3.05, 3.63) is 161 Å². The van der Waals surface area contributed by atoms with E-state index in [1.807, 2.05) is 54.6 Å². The van der Waals surface area contributed by atoms with Crippen LogP contribution in [0.1, 0.15) is 11.1 Å². The Morgan fingerprint density at radius 1 is 0.489 bits per heavy atom. The first-order valence-corrected chi connectivity index (χ1v) is 14.2. The van der Waals surface area contributed by atoms with Crippen molar-refractivity contribution in [1.29, 1.82) is 10.5 Å². The van der Waals surface area contributed by atoms with E-state index in [9.17, 15) is 10.5 Å². The third-order valence-corrected chi connectivity index (χ3v) is 8.15. The standard InChI is InChI=1S/C40H21N5/c1-43-33-16-6-12-28(24-41)37(33)31-14-8-18-35-39(31)40-32(38-29(25-42)13-7-17-34(38)44-2)15-9-19-36(40)45(35)30-22-20-27(21-23-30)26-10-4-3-5-11-26/h3-23H. The molecule has 0 N–H and O–H groups in total. The molecule has 0 radical (unpaired) electrons. The maximum atomic E-state index is 10.1. The Morgan fingerprint density at radius 2 is 0.956 bits per heavy atom. The number of hydrogen-bond acceptors (Lipinski definition) is 2. The smallest absolute Gasteiger partial charge is 0.196 e. The van der Waals surface area contributed by atoms with Crippen LogP contribution in [-0.2, 0) is 0 Å². The van der Waals surface area contributed by atoms with E-state index in [0.717, 1.165) is 49.7 Å². The summed E-state index contributed by atoms with van der Waals surface area (Å²) in [4.78, 5) is 7.58. The van der Waals surface area contributed by atoms with Crippen LogP contribution in [0.15, 0.2) is 127 Å². The lowest BCUT2D eigenvalue weighted by molar-refractivity contribution is 1.18. The molecule has 0 atom stereocenters. The third-order valence-electron chi connectivity index (χ3n) is 8.15. The summed E-state index contributed by atoms with van der Waals surface area (Å²) in [6.07, 6.45) is 0. The third kappa shape index (κ3) is 4.29. The molecule has 0 fully saturated rings. The summed E-state index contributed by atoms with van der Waals surface area (Å²) < 4.78 is 2.17. The lowest BCUT2D eigenvalue weighted by Crippen LogP contribution is -1.94. The molecule has 0 bridgehead atoms. The molecule has 0 saturated carbocycles. The fourth-order valence-corrected chi connectivity index (χ4v) is 6.26. The number of rotatable bonds is 4. The van der Waals surface area contributed by atoms with Gasteiger partial charge in [-0.2, -0.15) is 10.5 Å².